The van der Waals surface area contributed by atoms with Crippen molar-refractivity contribution < 1.29 is 19.4 Å². The minimum Gasteiger partial charge on any atom is -0.478 e. The van der Waals surface area contributed by atoms with Crippen LogP contribution in [-0.4, -0.2) is 22.0 Å². The van der Waals surface area contributed by atoms with Gasteiger partial charge >= 0.3 is 5.97 Å². The Hall–Kier alpha value is -2.89. The molecule has 1 amide bonds. The average molecular weight is 258 g/mol. The predicted molar refractivity (Wildman–Crippen MR) is 66.2 cm³/mol. The maximum Gasteiger partial charge on any atom is 0.339 e. The molecule has 0 atom stereocenters. The second-order valence-electron chi connectivity index (χ2n) is 3.67. The second kappa shape index (κ2) is 5.18. The SMILES string of the molecule is NC(=O)c1ccc(Oc2cnccc2C(=O)O)cc1. The van der Waals surface area contributed by atoms with Crippen LogP contribution in [0.3, 0.4) is 0 Å². The van der Waals surface area contributed by atoms with Gasteiger partial charge in [0.15, 0.2) is 5.75 Å². The monoisotopic (exact) mass is 258 g/mol. The van der Waals surface area contributed by atoms with Gasteiger partial charge in [-0.15, -0.1) is 0 Å². The first-order valence-corrected chi connectivity index (χ1v) is 5.33. The van der Waals surface area contributed by atoms with Crippen molar-refractivity contribution in [3.05, 3.63) is 53.9 Å². The molecule has 6 heteroatoms. The smallest absolute Gasteiger partial charge is 0.339 e. The molecule has 0 spiro atoms. The summed E-state index contributed by atoms with van der Waals surface area (Å²) in [5.74, 6) is -1.13. The van der Waals surface area contributed by atoms with Gasteiger partial charge in [0.05, 0.1) is 6.20 Å². The third-order valence-corrected chi connectivity index (χ3v) is 2.38. The molecule has 1 heterocycles. The van der Waals surface area contributed by atoms with E-state index in [0.717, 1.165) is 0 Å². The molecule has 0 saturated heterocycles. The number of primary amides is 1. The van der Waals surface area contributed by atoms with Crippen LogP contribution in [0, 0.1) is 0 Å². The van der Waals surface area contributed by atoms with Crippen molar-refractivity contribution in [2.45, 2.75) is 0 Å². The number of carboxylic acid groups (broad SMARTS) is 1. The van der Waals surface area contributed by atoms with Gasteiger partial charge in [-0.05, 0) is 30.3 Å². The van der Waals surface area contributed by atoms with Crippen LogP contribution in [0.2, 0.25) is 0 Å². The molecule has 2 aromatic rings. The molecule has 6 nitrogen and oxygen atoms in total. The maximum absolute atomic E-state index is 11.0. The fraction of sp³-hybridized carbons (Fsp3) is 0. The summed E-state index contributed by atoms with van der Waals surface area (Å²) in [5, 5.41) is 8.99. The number of amides is 1. The molecule has 3 N–H and O–H groups in total. The summed E-state index contributed by atoms with van der Waals surface area (Å²) in [6, 6.07) is 7.38. The van der Waals surface area contributed by atoms with Gasteiger partial charge in [-0.3, -0.25) is 9.78 Å². The van der Waals surface area contributed by atoms with Gasteiger partial charge < -0.3 is 15.6 Å². The van der Waals surface area contributed by atoms with E-state index in [1.807, 2.05) is 0 Å². The molecule has 0 aliphatic heterocycles. The number of nitrogens with two attached hydrogens (primary N) is 1. The van der Waals surface area contributed by atoms with Crippen molar-refractivity contribution in [2.75, 3.05) is 0 Å². The first-order valence-electron chi connectivity index (χ1n) is 5.33. The molecule has 2 rings (SSSR count). The van der Waals surface area contributed by atoms with Gasteiger partial charge in [0.25, 0.3) is 0 Å². The Balaban J connectivity index is 2.26. The molecule has 1 aromatic heterocycles. The van der Waals surface area contributed by atoms with E-state index in [0.29, 0.717) is 11.3 Å². The van der Waals surface area contributed by atoms with E-state index in [1.165, 1.54) is 42.7 Å². The number of carboxylic acids is 1. The van der Waals surface area contributed by atoms with Gasteiger partial charge in [-0.2, -0.15) is 0 Å². The first-order chi connectivity index (χ1) is 9.08. The first kappa shape index (κ1) is 12.6. The lowest BCUT2D eigenvalue weighted by Gasteiger charge is -2.08. The summed E-state index contributed by atoms with van der Waals surface area (Å²) in [4.78, 5) is 25.7. The summed E-state index contributed by atoms with van der Waals surface area (Å²) < 4.78 is 5.41. The van der Waals surface area contributed by atoms with Gasteiger partial charge in [0, 0.05) is 11.8 Å². The van der Waals surface area contributed by atoms with Crippen LogP contribution in [0.25, 0.3) is 0 Å². The molecule has 0 bridgehead atoms. The molecule has 0 saturated carbocycles. The number of benzene rings is 1. The highest BCUT2D eigenvalue weighted by Gasteiger charge is 2.11. The van der Waals surface area contributed by atoms with E-state index in [1.54, 1.807) is 0 Å². The highest BCUT2D eigenvalue weighted by atomic mass is 16.5. The Labute approximate surface area is 108 Å². The molecule has 0 unspecified atom stereocenters. The lowest BCUT2D eigenvalue weighted by atomic mass is 10.2. The quantitative estimate of drug-likeness (QED) is 0.868. The third-order valence-electron chi connectivity index (χ3n) is 2.38. The van der Waals surface area contributed by atoms with Crippen molar-refractivity contribution in [1.29, 1.82) is 0 Å². The van der Waals surface area contributed by atoms with Crippen LogP contribution >= 0.6 is 0 Å². The zero-order valence-electron chi connectivity index (χ0n) is 9.74. The molecule has 0 aliphatic rings. The fourth-order valence-corrected chi connectivity index (χ4v) is 1.45. The van der Waals surface area contributed by atoms with Gasteiger partial charge in [-0.1, -0.05) is 0 Å². The summed E-state index contributed by atoms with van der Waals surface area (Å²) in [6.07, 6.45) is 2.68. The van der Waals surface area contributed by atoms with Gasteiger partial charge in [0.1, 0.15) is 11.3 Å². The van der Waals surface area contributed by atoms with Crippen LogP contribution in [0.4, 0.5) is 0 Å². The van der Waals surface area contributed by atoms with E-state index in [4.69, 9.17) is 15.6 Å². The maximum atomic E-state index is 11.0. The molecule has 0 aliphatic carbocycles. The number of hydrogen-bond acceptors (Lipinski definition) is 4. The van der Waals surface area contributed by atoms with Gasteiger partial charge in [-0.25, -0.2) is 4.79 Å². The predicted octanol–water partition coefficient (Wildman–Crippen LogP) is 1.67. The van der Waals surface area contributed by atoms with Crippen molar-refractivity contribution in [3.8, 4) is 11.5 Å². The van der Waals surface area contributed by atoms with E-state index >= 15 is 0 Å². The molecule has 0 radical (unpaired) electrons. The van der Waals surface area contributed by atoms with E-state index in [9.17, 15) is 9.59 Å². The molecule has 96 valence electrons. The van der Waals surface area contributed by atoms with Crippen LogP contribution in [0.5, 0.6) is 11.5 Å². The fourth-order valence-electron chi connectivity index (χ4n) is 1.45. The highest BCUT2D eigenvalue weighted by molar-refractivity contribution is 5.93. The third kappa shape index (κ3) is 2.86. The Morgan fingerprint density at radius 1 is 1.16 bits per heavy atom. The topological polar surface area (TPSA) is 103 Å². The average Bonchev–Trinajstić information content (AvgIpc) is 2.39. The van der Waals surface area contributed by atoms with Crippen molar-refractivity contribution >= 4 is 11.9 Å². The normalized spacial score (nSPS) is 9.89. The van der Waals surface area contributed by atoms with Crippen LogP contribution in [-0.2, 0) is 0 Å². The largest absolute Gasteiger partial charge is 0.478 e. The molecule has 0 fully saturated rings. The summed E-state index contributed by atoms with van der Waals surface area (Å²) in [7, 11) is 0. The lowest BCUT2D eigenvalue weighted by molar-refractivity contribution is 0.0693. The Morgan fingerprint density at radius 3 is 2.42 bits per heavy atom. The molecular weight excluding hydrogens is 248 g/mol. The lowest BCUT2D eigenvalue weighted by Crippen LogP contribution is -2.10. The summed E-state index contributed by atoms with van der Waals surface area (Å²) in [5.41, 5.74) is 5.47. The van der Waals surface area contributed by atoms with Crippen molar-refractivity contribution in [3.63, 3.8) is 0 Å². The number of nitrogens with zero attached hydrogens (tertiary/aromatic N) is 1. The highest BCUT2D eigenvalue weighted by Crippen LogP contribution is 2.24. The number of pyridine rings is 1. The van der Waals surface area contributed by atoms with E-state index in [2.05, 4.69) is 4.98 Å². The van der Waals surface area contributed by atoms with Crippen molar-refractivity contribution in [2.24, 2.45) is 5.73 Å². The Kier molecular flexibility index (Phi) is 3.42. The van der Waals surface area contributed by atoms with E-state index in [-0.39, 0.29) is 11.3 Å². The second-order valence-corrected chi connectivity index (χ2v) is 3.67. The number of hydrogen-bond donors (Lipinski definition) is 2. The van der Waals surface area contributed by atoms with Crippen LogP contribution in [0.1, 0.15) is 20.7 Å². The minimum absolute atomic E-state index is 0.00831. The number of carbonyl (C=O) groups is 2. The Morgan fingerprint density at radius 2 is 1.84 bits per heavy atom. The summed E-state index contributed by atoms with van der Waals surface area (Å²) >= 11 is 0. The number of carbonyl (C=O) groups excluding carboxylic acids is 1. The zero-order valence-corrected chi connectivity index (χ0v) is 9.74. The number of aromatic carboxylic acids is 1. The van der Waals surface area contributed by atoms with Crippen LogP contribution in [0.15, 0.2) is 42.7 Å². The van der Waals surface area contributed by atoms with Crippen LogP contribution < -0.4 is 10.5 Å². The van der Waals surface area contributed by atoms with Gasteiger partial charge in [0.2, 0.25) is 5.91 Å². The zero-order chi connectivity index (χ0) is 13.8. The minimum atomic E-state index is -1.11. The number of rotatable bonds is 4. The molecular formula is C13H10N2O4. The van der Waals surface area contributed by atoms with E-state index < -0.39 is 11.9 Å². The number of aromatic nitrogens is 1. The number of ether oxygens (including phenoxy) is 1. The molecule has 19 heavy (non-hydrogen) atoms. The molecule has 1 aromatic carbocycles. The van der Waals surface area contributed by atoms with Crippen molar-refractivity contribution in [1.82, 2.24) is 4.98 Å². The standard InChI is InChI=1S/C13H10N2O4/c14-12(16)8-1-3-9(4-2-8)19-11-7-15-6-5-10(11)13(17)18/h1-7H,(H2,14,16)(H,17,18). The Bertz CT molecular complexity index is 623. The summed E-state index contributed by atoms with van der Waals surface area (Å²) in [6.45, 7) is 0.